The molecular formula is C12H21N3O3. The summed E-state index contributed by atoms with van der Waals surface area (Å²) in [5.41, 5.74) is -0.512. The molecule has 0 fully saturated rings. The molecule has 0 spiro atoms. The number of rotatable bonds is 7. The summed E-state index contributed by atoms with van der Waals surface area (Å²) >= 11 is 0. The van der Waals surface area contributed by atoms with Gasteiger partial charge in [-0.25, -0.2) is 0 Å². The van der Waals surface area contributed by atoms with Gasteiger partial charge in [-0.05, 0) is 19.8 Å². The number of nitrogens with one attached hydrogen (secondary N) is 1. The smallest absolute Gasteiger partial charge is 0.227 e. The van der Waals surface area contributed by atoms with Gasteiger partial charge in [0.15, 0.2) is 5.82 Å². The second-order valence-electron chi connectivity index (χ2n) is 4.43. The zero-order valence-corrected chi connectivity index (χ0v) is 11.2. The van der Waals surface area contributed by atoms with Crippen molar-refractivity contribution < 1.29 is 14.4 Å². The SMILES string of the molecule is CCC(CC)(CO)NC(=O)CCc1nc(C)no1. The predicted octanol–water partition coefficient (Wildman–Crippen LogP) is 0.978. The minimum absolute atomic E-state index is 0.0502. The van der Waals surface area contributed by atoms with E-state index in [0.717, 1.165) is 0 Å². The van der Waals surface area contributed by atoms with E-state index in [1.54, 1.807) is 6.92 Å². The Morgan fingerprint density at radius 1 is 1.44 bits per heavy atom. The van der Waals surface area contributed by atoms with Crippen LogP contribution in [0.15, 0.2) is 4.52 Å². The molecule has 0 atom stereocenters. The summed E-state index contributed by atoms with van der Waals surface area (Å²) in [6.07, 6.45) is 2.10. The van der Waals surface area contributed by atoms with E-state index < -0.39 is 5.54 Å². The molecule has 0 aliphatic heterocycles. The van der Waals surface area contributed by atoms with Crippen LogP contribution in [-0.2, 0) is 11.2 Å². The van der Waals surface area contributed by atoms with Crippen molar-refractivity contribution in [2.45, 2.75) is 52.0 Å². The van der Waals surface area contributed by atoms with Gasteiger partial charge in [0.2, 0.25) is 11.8 Å². The summed E-state index contributed by atoms with van der Waals surface area (Å²) in [5, 5.41) is 15.9. The van der Waals surface area contributed by atoms with Crippen molar-refractivity contribution in [2.75, 3.05) is 6.61 Å². The van der Waals surface area contributed by atoms with Crippen molar-refractivity contribution in [3.63, 3.8) is 0 Å². The van der Waals surface area contributed by atoms with Crippen molar-refractivity contribution in [1.82, 2.24) is 15.5 Å². The van der Waals surface area contributed by atoms with Gasteiger partial charge in [0, 0.05) is 12.8 Å². The van der Waals surface area contributed by atoms with Gasteiger partial charge in [-0.2, -0.15) is 4.98 Å². The molecule has 1 amide bonds. The van der Waals surface area contributed by atoms with E-state index in [4.69, 9.17) is 4.52 Å². The lowest BCUT2D eigenvalue weighted by Crippen LogP contribution is -2.50. The lowest BCUT2D eigenvalue weighted by atomic mass is 9.93. The number of carbonyl (C=O) groups is 1. The number of aliphatic hydroxyl groups excluding tert-OH is 1. The number of hydrogen-bond acceptors (Lipinski definition) is 5. The molecule has 102 valence electrons. The molecule has 0 aliphatic carbocycles. The van der Waals surface area contributed by atoms with E-state index in [1.807, 2.05) is 13.8 Å². The number of hydrogen-bond donors (Lipinski definition) is 2. The van der Waals surface area contributed by atoms with Crippen LogP contribution in [0, 0.1) is 6.92 Å². The monoisotopic (exact) mass is 255 g/mol. The zero-order chi connectivity index (χ0) is 13.6. The van der Waals surface area contributed by atoms with Gasteiger partial charge in [-0.1, -0.05) is 19.0 Å². The zero-order valence-electron chi connectivity index (χ0n) is 11.2. The first kappa shape index (κ1) is 14.6. The third-order valence-electron chi connectivity index (χ3n) is 3.20. The van der Waals surface area contributed by atoms with Crippen LogP contribution in [0.25, 0.3) is 0 Å². The van der Waals surface area contributed by atoms with E-state index in [-0.39, 0.29) is 18.9 Å². The number of nitrogens with zero attached hydrogens (tertiary/aromatic N) is 2. The van der Waals surface area contributed by atoms with Crippen LogP contribution in [0.5, 0.6) is 0 Å². The lowest BCUT2D eigenvalue weighted by Gasteiger charge is -2.30. The molecule has 0 bridgehead atoms. The molecule has 1 rings (SSSR count). The number of aryl methyl sites for hydroxylation is 2. The van der Waals surface area contributed by atoms with Gasteiger partial charge in [-0.15, -0.1) is 0 Å². The predicted molar refractivity (Wildman–Crippen MR) is 65.9 cm³/mol. The molecule has 18 heavy (non-hydrogen) atoms. The summed E-state index contributed by atoms with van der Waals surface area (Å²) in [5.74, 6) is 0.922. The average molecular weight is 255 g/mol. The highest BCUT2D eigenvalue weighted by Crippen LogP contribution is 2.14. The van der Waals surface area contributed by atoms with Gasteiger partial charge in [-0.3, -0.25) is 4.79 Å². The number of aliphatic hydroxyl groups is 1. The highest BCUT2D eigenvalue weighted by molar-refractivity contribution is 5.76. The van der Waals surface area contributed by atoms with Gasteiger partial charge < -0.3 is 14.9 Å². The minimum atomic E-state index is -0.512. The molecule has 6 heteroatoms. The molecule has 1 aromatic heterocycles. The summed E-state index contributed by atoms with van der Waals surface area (Å²) in [4.78, 5) is 15.8. The quantitative estimate of drug-likeness (QED) is 0.758. The largest absolute Gasteiger partial charge is 0.394 e. The number of aromatic nitrogens is 2. The summed E-state index contributed by atoms with van der Waals surface area (Å²) in [6.45, 7) is 5.58. The van der Waals surface area contributed by atoms with Crippen LogP contribution in [0.1, 0.15) is 44.8 Å². The average Bonchev–Trinajstić information content (AvgIpc) is 2.80. The number of carbonyl (C=O) groups excluding carboxylic acids is 1. The summed E-state index contributed by atoms with van der Waals surface area (Å²) in [7, 11) is 0. The third kappa shape index (κ3) is 3.80. The van der Waals surface area contributed by atoms with E-state index in [9.17, 15) is 9.90 Å². The van der Waals surface area contributed by atoms with Crippen molar-refractivity contribution in [2.24, 2.45) is 0 Å². The van der Waals surface area contributed by atoms with Gasteiger partial charge in [0.25, 0.3) is 0 Å². The molecule has 0 saturated heterocycles. The van der Waals surface area contributed by atoms with Gasteiger partial charge in [0.05, 0.1) is 12.1 Å². The highest BCUT2D eigenvalue weighted by atomic mass is 16.5. The first-order chi connectivity index (χ1) is 8.55. The molecule has 0 aliphatic rings. The maximum atomic E-state index is 11.8. The second kappa shape index (κ2) is 6.49. The van der Waals surface area contributed by atoms with Crippen LogP contribution in [0.4, 0.5) is 0 Å². The van der Waals surface area contributed by atoms with E-state index in [0.29, 0.717) is 31.0 Å². The normalized spacial score (nSPS) is 11.6. The molecule has 6 nitrogen and oxygen atoms in total. The third-order valence-corrected chi connectivity index (χ3v) is 3.20. The topological polar surface area (TPSA) is 88.2 Å². The fourth-order valence-corrected chi connectivity index (χ4v) is 1.71. The van der Waals surface area contributed by atoms with E-state index in [2.05, 4.69) is 15.5 Å². The fraction of sp³-hybridized carbons (Fsp3) is 0.750. The molecule has 0 aromatic carbocycles. The fourth-order valence-electron chi connectivity index (χ4n) is 1.71. The van der Waals surface area contributed by atoms with Crippen LogP contribution in [0.2, 0.25) is 0 Å². The Hall–Kier alpha value is -1.43. The molecule has 1 aromatic rings. The second-order valence-corrected chi connectivity index (χ2v) is 4.43. The number of amides is 1. The first-order valence-electron chi connectivity index (χ1n) is 6.26. The van der Waals surface area contributed by atoms with Crippen molar-refractivity contribution in [3.8, 4) is 0 Å². The van der Waals surface area contributed by atoms with Crippen molar-refractivity contribution in [1.29, 1.82) is 0 Å². The van der Waals surface area contributed by atoms with E-state index >= 15 is 0 Å². The Bertz CT molecular complexity index is 377. The van der Waals surface area contributed by atoms with Gasteiger partial charge in [0.1, 0.15) is 0 Å². The van der Waals surface area contributed by atoms with E-state index in [1.165, 1.54) is 0 Å². The van der Waals surface area contributed by atoms with Crippen molar-refractivity contribution in [3.05, 3.63) is 11.7 Å². The van der Waals surface area contributed by atoms with Crippen LogP contribution in [0.3, 0.4) is 0 Å². The molecular weight excluding hydrogens is 234 g/mol. The molecule has 0 saturated carbocycles. The Kier molecular flexibility index (Phi) is 5.27. The first-order valence-corrected chi connectivity index (χ1v) is 6.26. The standard InChI is InChI=1S/C12H21N3O3/c1-4-12(5-2,8-16)14-10(17)6-7-11-13-9(3)15-18-11/h16H,4-8H2,1-3H3,(H,14,17). The Morgan fingerprint density at radius 3 is 2.56 bits per heavy atom. The maximum absolute atomic E-state index is 11.8. The lowest BCUT2D eigenvalue weighted by molar-refractivity contribution is -0.123. The summed E-state index contributed by atoms with van der Waals surface area (Å²) < 4.78 is 4.93. The van der Waals surface area contributed by atoms with Crippen LogP contribution in [-0.4, -0.2) is 33.3 Å². The molecule has 1 heterocycles. The molecule has 0 radical (unpaired) electrons. The van der Waals surface area contributed by atoms with Crippen LogP contribution >= 0.6 is 0 Å². The summed E-state index contributed by atoms with van der Waals surface area (Å²) in [6, 6.07) is 0. The Labute approximate surface area is 107 Å². The molecule has 0 unspecified atom stereocenters. The maximum Gasteiger partial charge on any atom is 0.227 e. The van der Waals surface area contributed by atoms with Gasteiger partial charge >= 0.3 is 0 Å². The molecule has 2 N–H and O–H groups in total. The minimum Gasteiger partial charge on any atom is -0.394 e. The Balaban J connectivity index is 2.46. The Morgan fingerprint density at radius 2 is 2.11 bits per heavy atom. The van der Waals surface area contributed by atoms with Crippen molar-refractivity contribution >= 4 is 5.91 Å². The van der Waals surface area contributed by atoms with Crippen LogP contribution < -0.4 is 5.32 Å². The highest BCUT2D eigenvalue weighted by Gasteiger charge is 2.26.